The van der Waals surface area contributed by atoms with E-state index in [9.17, 15) is 18.4 Å². The van der Waals surface area contributed by atoms with Crippen molar-refractivity contribution in [3.05, 3.63) is 77.2 Å². The summed E-state index contributed by atoms with van der Waals surface area (Å²) in [5.41, 5.74) is 4.47. The van der Waals surface area contributed by atoms with E-state index >= 15 is 0 Å². The molecule has 2 aromatic carbocycles. The maximum atomic E-state index is 13.6. The van der Waals surface area contributed by atoms with Gasteiger partial charge in [-0.15, -0.1) is 10.3 Å². The van der Waals surface area contributed by atoms with Crippen LogP contribution >= 0.6 is 0 Å². The number of amides is 1. The van der Waals surface area contributed by atoms with Crippen LogP contribution in [0.1, 0.15) is 70.1 Å². The van der Waals surface area contributed by atoms with Gasteiger partial charge in [-0.1, -0.05) is 49.4 Å². The smallest absolute Gasteiger partial charge is 0.264 e. The van der Waals surface area contributed by atoms with E-state index < -0.39 is 32.9 Å². The fraction of sp³-hybridized carbons (Fsp3) is 0.424. The summed E-state index contributed by atoms with van der Waals surface area (Å²) >= 11 is 0. The normalized spacial score (nSPS) is 17.3. The molecule has 9 nitrogen and oxygen atoms in total. The van der Waals surface area contributed by atoms with Crippen LogP contribution < -0.4 is 4.72 Å². The molecular weight excluding hydrogens is 562 g/mol. The van der Waals surface area contributed by atoms with Crippen LogP contribution in [0.5, 0.6) is 0 Å². The zero-order chi connectivity index (χ0) is 31.3. The van der Waals surface area contributed by atoms with Gasteiger partial charge in [0.1, 0.15) is 11.3 Å². The Balaban J connectivity index is 1.40. The number of benzene rings is 2. The Hall–Kier alpha value is -3.60. The van der Waals surface area contributed by atoms with Crippen LogP contribution in [0.3, 0.4) is 0 Å². The zero-order valence-corrected chi connectivity index (χ0v) is 26.7. The first-order valence-corrected chi connectivity index (χ1v) is 16.2. The number of sulfonamides is 1. The van der Waals surface area contributed by atoms with E-state index in [2.05, 4.69) is 16.2 Å². The topological polar surface area (TPSA) is 117 Å². The number of aryl methyl sites for hydroxylation is 3. The SMILES string of the molecule is CCc1nc2c(C)cc(C)nc2n1Cc1ccc(-c2ccccc2S(=O)(=O)NC(=O)C2CC(C)(C)N([O])C(C)(C)C2)cc1. The van der Waals surface area contributed by atoms with Crippen LogP contribution in [0, 0.1) is 19.8 Å². The largest absolute Gasteiger partial charge is 0.308 e. The third-order valence-corrected chi connectivity index (χ3v) is 9.80. The van der Waals surface area contributed by atoms with Crippen molar-refractivity contribution in [2.75, 3.05) is 0 Å². The summed E-state index contributed by atoms with van der Waals surface area (Å²) < 4.78 is 31.6. The summed E-state index contributed by atoms with van der Waals surface area (Å²) in [6.45, 7) is 13.8. The Labute approximate surface area is 254 Å². The van der Waals surface area contributed by atoms with E-state index in [0.717, 1.165) is 50.9 Å². The predicted octanol–water partition coefficient (Wildman–Crippen LogP) is 5.75. The van der Waals surface area contributed by atoms with Crippen molar-refractivity contribution in [2.45, 2.75) is 90.2 Å². The van der Waals surface area contributed by atoms with Crippen molar-refractivity contribution in [3.8, 4) is 11.1 Å². The number of hydrogen-bond acceptors (Lipinski definition) is 6. The molecule has 0 spiro atoms. The average Bonchev–Trinajstić information content (AvgIpc) is 3.29. The molecule has 10 heteroatoms. The van der Waals surface area contributed by atoms with Crippen molar-refractivity contribution >= 4 is 27.1 Å². The number of rotatable bonds is 7. The molecule has 0 unspecified atom stereocenters. The molecule has 1 saturated heterocycles. The van der Waals surface area contributed by atoms with Gasteiger partial charge in [-0.3, -0.25) is 4.79 Å². The summed E-state index contributed by atoms with van der Waals surface area (Å²) in [5, 5.41) is 13.8. The number of fused-ring (bicyclic) bond motifs is 1. The van der Waals surface area contributed by atoms with Gasteiger partial charge in [0.25, 0.3) is 10.0 Å². The molecule has 1 amide bonds. The highest BCUT2D eigenvalue weighted by Gasteiger charge is 2.48. The van der Waals surface area contributed by atoms with E-state index in [1.165, 1.54) is 6.07 Å². The van der Waals surface area contributed by atoms with Crippen LogP contribution in [-0.2, 0) is 33.0 Å². The molecule has 0 bridgehead atoms. The molecule has 43 heavy (non-hydrogen) atoms. The van der Waals surface area contributed by atoms with E-state index in [1.54, 1.807) is 45.9 Å². The number of aromatic nitrogens is 3. The lowest BCUT2D eigenvalue weighted by Gasteiger charge is -2.49. The van der Waals surface area contributed by atoms with E-state index in [1.807, 2.05) is 44.2 Å². The standard InChI is InChI=1S/C33H40N5O4S/c1-8-28-35-29-21(2)17-22(3)34-30(29)37(28)20-23-13-15-24(16-14-23)26-11-9-10-12-27(26)43(41,42)36-31(39)25-18-32(4,5)38(40)33(6,7)19-25/h9-17,25H,8,18-20H2,1-7H3,(H,36,39). The van der Waals surface area contributed by atoms with Gasteiger partial charge in [0.2, 0.25) is 5.91 Å². The Morgan fingerprint density at radius 1 is 0.977 bits per heavy atom. The molecule has 227 valence electrons. The molecule has 0 aliphatic carbocycles. The first-order valence-electron chi connectivity index (χ1n) is 14.7. The van der Waals surface area contributed by atoms with Crippen molar-refractivity contribution in [2.24, 2.45) is 5.92 Å². The van der Waals surface area contributed by atoms with Crippen molar-refractivity contribution in [1.29, 1.82) is 0 Å². The number of hydrogen-bond donors (Lipinski definition) is 1. The molecule has 4 aromatic rings. The second kappa shape index (κ2) is 11.2. The summed E-state index contributed by atoms with van der Waals surface area (Å²) in [6.07, 6.45) is 1.31. The lowest BCUT2D eigenvalue weighted by molar-refractivity contribution is -0.292. The maximum Gasteiger partial charge on any atom is 0.264 e. The summed E-state index contributed by atoms with van der Waals surface area (Å²) in [7, 11) is -4.18. The minimum atomic E-state index is -4.18. The molecule has 2 aromatic heterocycles. The highest BCUT2D eigenvalue weighted by molar-refractivity contribution is 7.90. The summed E-state index contributed by atoms with van der Waals surface area (Å²) in [6, 6.07) is 16.5. The first kappa shape index (κ1) is 30.8. The molecule has 1 aliphatic heterocycles. The van der Waals surface area contributed by atoms with Crippen LogP contribution in [0.4, 0.5) is 0 Å². The Kier molecular flexibility index (Phi) is 8.00. The minimum Gasteiger partial charge on any atom is -0.308 e. The summed E-state index contributed by atoms with van der Waals surface area (Å²) in [5.74, 6) is -0.233. The Morgan fingerprint density at radius 2 is 1.60 bits per heavy atom. The number of carbonyl (C=O) groups is 1. The summed E-state index contributed by atoms with van der Waals surface area (Å²) in [4.78, 5) is 22.9. The molecule has 5 rings (SSSR count). The monoisotopic (exact) mass is 602 g/mol. The van der Waals surface area contributed by atoms with Crippen LogP contribution in [0.25, 0.3) is 22.3 Å². The number of pyridine rings is 1. The third kappa shape index (κ3) is 5.96. The van der Waals surface area contributed by atoms with Gasteiger partial charge in [0, 0.05) is 34.7 Å². The van der Waals surface area contributed by atoms with Crippen LogP contribution in [0.2, 0.25) is 0 Å². The first-order chi connectivity index (χ1) is 20.1. The zero-order valence-electron chi connectivity index (χ0n) is 25.9. The molecule has 1 N–H and O–H groups in total. The van der Waals surface area contributed by atoms with E-state index in [-0.39, 0.29) is 17.7 Å². The number of carbonyl (C=O) groups excluding carboxylic acids is 1. The fourth-order valence-corrected chi connectivity index (χ4v) is 7.79. The second-order valence-corrected chi connectivity index (χ2v) is 14.6. The Morgan fingerprint density at radius 3 is 2.23 bits per heavy atom. The highest BCUT2D eigenvalue weighted by atomic mass is 32.2. The fourth-order valence-electron chi connectivity index (χ4n) is 6.52. The van der Waals surface area contributed by atoms with Crippen LogP contribution in [-0.4, -0.2) is 45.0 Å². The predicted molar refractivity (Wildman–Crippen MR) is 166 cm³/mol. The lowest BCUT2D eigenvalue weighted by Crippen LogP contribution is -2.60. The maximum absolute atomic E-state index is 13.6. The number of nitrogens with zero attached hydrogens (tertiary/aromatic N) is 4. The van der Waals surface area contributed by atoms with Crippen molar-refractivity contribution in [1.82, 2.24) is 24.3 Å². The number of imidazole rings is 1. The minimum absolute atomic E-state index is 0.0277. The highest BCUT2D eigenvalue weighted by Crippen LogP contribution is 2.40. The van der Waals surface area contributed by atoms with Gasteiger partial charge in [0.15, 0.2) is 5.65 Å². The molecule has 1 fully saturated rings. The number of piperidine rings is 1. The number of hydroxylamine groups is 2. The molecule has 3 heterocycles. The van der Waals surface area contributed by atoms with E-state index in [4.69, 9.17) is 9.97 Å². The average molecular weight is 603 g/mol. The molecular formula is C33H40N5O4S. The molecule has 0 atom stereocenters. The van der Waals surface area contributed by atoms with Crippen molar-refractivity contribution < 1.29 is 18.4 Å². The van der Waals surface area contributed by atoms with Crippen molar-refractivity contribution in [3.63, 3.8) is 0 Å². The molecule has 0 saturated carbocycles. The Bertz CT molecular complexity index is 1770. The molecule has 1 radical (unpaired) electrons. The van der Waals surface area contributed by atoms with Gasteiger partial charge < -0.3 is 4.57 Å². The molecule has 1 aliphatic rings. The van der Waals surface area contributed by atoms with Gasteiger partial charge in [-0.25, -0.2) is 23.1 Å². The lowest BCUT2D eigenvalue weighted by atomic mass is 9.75. The second-order valence-electron chi connectivity index (χ2n) is 12.9. The number of nitrogens with one attached hydrogen (secondary N) is 1. The third-order valence-electron chi connectivity index (χ3n) is 8.40. The van der Waals surface area contributed by atoms with E-state index in [0.29, 0.717) is 12.1 Å². The van der Waals surface area contributed by atoms with Gasteiger partial charge in [0.05, 0.1) is 11.4 Å². The van der Waals surface area contributed by atoms with Crippen LogP contribution in [0.15, 0.2) is 59.5 Å². The van der Waals surface area contributed by atoms with Gasteiger partial charge in [-0.05, 0) is 83.2 Å². The quantitative estimate of drug-likeness (QED) is 0.288. The van der Waals surface area contributed by atoms with Gasteiger partial charge >= 0.3 is 0 Å². The van der Waals surface area contributed by atoms with Gasteiger partial charge in [-0.2, -0.15) is 0 Å².